The van der Waals surface area contributed by atoms with Gasteiger partial charge in [0, 0.05) is 50.0 Å². The van der Waals surface area contributed by atoms with E-state index in [2.05, 4.69) is 206 Å². The van der Waals surface area contributed by atoms with Crippen LogP contribution in [0, 0.1) is 0 Å². The minimum atomic E-state index is 0.0176. The molecular formula is C64H54B3N3. The van der Waals surface area contributed by atoms with Gasteiger partial charge < -0.3 is 14.0 Å². The molecule has 70 heavy (non-hydrogen) atoms. The number of hydrogen-bond donors (Lipinski definition) is 0. The number of rotatable bonds is 0. The molecule has 0 N–H and O–H groups in total. The Balaban J connectivity index is 1.09. The van der Waals surface area contributed by atoms with Crippen molar-refractivity contribution in [3.63, 3.8) is 0 Å². The largest absolute Gasteiger partial charge is 0.313 e. The van der Waals surface area contributed by atoms with E-state index in [0.29, 0.717) is 0 Å². The Bertz CT molecular complexity index is 4030. The molecule has 2 aromatic heterocycles. The third-order valence-electron chi connectivity index (χ3n) is 18.6. The molecule has 10 aromatic rings. The number of benzene rings is 8. The SMILES string of the molecule is CC(C)(C)c1ccc2c(c1)-c1cc3c4c5c1B2c1ccc2c6c1N5c1c(ccc5c1B6c1c6c(cc7c8cc(C(C)(C)C)ccc8n-5c17)c1cc(C(C)(C)C)ccc1n6-2)B4c1ccc(C(C)(C)C)cc1-3. The fourth-order valence-corrected chi connectivity index (χ4v) is 15.3. The second kappa shape index (κ2) is 11.4. The summed E-state index contributed by atoms with van der Waals surface area (Å²) >= 11 is 0. The number of nitrogens with zero attached hydrogens (tertiary/aromatic N) is 3. The van der Waals surface area contributed by atoms with Gasteiger partial charge in [-0.25, -0.2) is 0 Å². The van der Waals surface area contributed by atoms with E-state index in [-0.39, 0.29) is 41.8 Å². The zero-order valence-corrected chi connectivity index (χ0v) is 42.5. The van der Waals surface area contributed by atoms with Crippen LogP contribution in [-0.2, 0) is 21.7 Å². The maximum absolute atomic E-state index is 2.87. The van der Waals surface area contributed by atoms with E-state index in [1.54, 1.807) is 0 Å². The van der Waals surface area contributed by atoms with Gasteiger partial charge in [-0.15, -0.1) is 0 Å². The summed E-state index contributed by atoms with van der Waals surface area (Å²) in [6.07, 6.45) is 0. The van der Waals surface area contributed by atoms with Gasteiger partial charge in [0.2, 0.25) is 13.4 Å². The van der Waals surface area contributed by atoms with Crippen LogP contribution in [0.25, 0.3) is 77.2 Å². The van der Waals surface area contributed by atoms with E-state index in [0.717, 1.165) is 0 Å². The topological polar surface area (TPSA) is 13.1 Å². The van der Waals surface area contributed by atoms with Gasteiger partial charge in [0.05, 0.1) is 22.1 Å². The Hall–Kier alpha value is -6.65. The first-order valence-corrected chi connectivity index (χ1v) is 26.0. The molecule has 0 fully saturated rings. The lowest BCUT2D eigenvalue weighted by molar-refractivity contribution is 0.590. The number of hydrogen-bond acceptors (Lipinski definition) is 1. The summed E-state index contributed by atoms with van der Waals surface area (Å²) in [5.41, 5.74) is 37.1. The summed E-state index contributed by atoms with van der Waals surface area (Å²) in [5.74, 6) is 0. The van der Waals surface area contributed by atoms with E-state index in [1.165, 1.54) is 166 Å². The molecule has 7 aliphatic rings. The molecule has 0 aliphatic carbocycles. The van der Waals surface area contributed by atoms with Crippen molar-refractivity contribution in [1.82, 2.24) is 9.13 Å². The normalized spacial score (nSPS) is 15.6. The van der Waals surface area contributed by atoms with Crippen molar-refractivity contribution in [2.24, 2.45) is 0 Å². The highest BCUT2D eigenvalue weighted by Crippen LogP contribution is 2.51. The van der Waals surface area contributed by atoms with Crippen LogP contribution in [0.5, 0.6) is 0 Å². The van der Waals surface area contributed by atoms with Gasteiger partial charge in [-0.05, 0) is 153 Å². The van der Waals surface area contributed by atoms with Crippen molar-refractivity contribution in [2.45, 2.75) is 105 Å². The van der Waals surface area contributed by atoms with Crippen molar-refractivity contribution in [3.05, 3.63) is 131 Å². The standard InChI is InChI=1S/C64H54B3N3/c1-61(2,3)31-13-17-43-35(25-31)39-29-40-36-26-32(62(4,5)6)14-18-44(36)66-46-20-24-50-54-59(46)70-58-45(65(43)51(39)60(70)52(40)66)19-23-49-53(58)67(54)55-56-41(37-27-33(63(7,8)9)15-21-47(37)68(49)56)30-42-38-28-34(64(10,11)12)16-22-48(38)69(50)57(42)55/h13-30H,1-12H3. The lowest BCUT2D eigenvalue weighted by atomic mass is 9.26. The van der Waals surface area contributed by atoms with E-state index in [4.69, 9.17) is 0 Å². The molecule has 0 atom stereocenters. The van der Waals surface area contributed by atoms with Crippen LogP contribution in [0.3, 0.4) is 0 Å². The summed E-state index contributed by atoms with van der Waals surface area (Å²) in [6, 6.07) is 45.3. The number of fused-ring (bicyclic) bond motifs is 16. The molecule has 6 heteroatoms. The molecule has 8 aromatic carbocycles. The molecule has 7 aliphatic heterocycles. The quantitative estimate of drug-likeness (QED) is 0.138. The van der Waals surface area contributed by atoms with Gasteiger partial charge in [0.15, 0.2) is 0 Å². The molecule has 0 saturated heterocycles. The first-order valence-electron chi connectivity index (χ1n) is 26.0. The van der Waals surface area contributed by atoms with E-state index < -0.39 is 0 Å². The highest BCUT2D eigenvalue weighted by Gasteiger charge is 2.58. The van der Waals surface area contributed by atoms with Crippen LogP contribution < -0.4 is 54.1 Å². The Morgan fingerprint density at radius 2 is 0.714 bits per heavy atom. The Kier molecular flexibility index (Phi) is 6.38. The third kappa shape index (κ3) is 4.18. The monoisotopic (exact) mass is 897 g/mol. The van der Waals surface area contributed by atoms with Crippen LogP contribution in [0.1, 0.15) is 105 Å². The molecule has 0 unspecified atom stereocenters. The van der Waals surface area contributed by atoms with Gasteiger partial charge in [-0.1, -0.05) is 155 Å². The second-order valence-electron chi connectivity index (χ2n) is 26.5. The van der Waals surface area contributed by atoms with Crippen molar-refractivity contribution < 1.29 is 0 Å². The minimum absolute atomic E-state index is 0.0176. The zero-order valence-electron chi connectivity index (χ0n) is 42.5. The van der Waals surface area contributed by atoms with Crippen molar-refractivity contribution >= 4 is 130 Å². The third-order valence-corrected chi connectivity index (χ3v) is 18.6. The lowest BCUT2D eigenvalue weighted by Gasteiger charge is -2.50. The average Bonchev–Trinajstić information content (AvgIpc) is 4.04. The molecule has 17 rings (SSSR count). The maximum Gasteiger partial charge on any atom is 0.257 e. The fraction of sp³-hybridized carbons (Fsp3) is 0.250. The number of aromatic nitrogens is 2. The summed E-state index contributed by atoms with van der Waals surface area (Å²) in [4.78, 5) is 2.87. The second-order valence-corrected chi connectivity index (χ2v) is 26.5. The van der Waals surface area contributed by atoms with Crippen molar-refractivity contribution in [1.29, 1.82) is 0 Å². The Labute approximate surface area is 411 Å². The minimum Gasteiger partial charge on any atom is -0.313 e. The fourth-order valence-electron chi connectivity index (χ4n) is 15.3. The lowest BCUT2D eigenvalue weighted by Crippen LogP contribution is -2.72. The van der Waals surface area contributed by atoms with E-state index in [9.17, 15) is 0 Å². The van der Waals surface area contributed by atoms with Crippen molar-refractivity contribution in [3.8, 4) is 33.6 Å². The van der Waals surface area contributed by atoms with Gasteiger partial charge in [-0.2, -0.15) is 0 Å². The number of anilines is 3. The van der Waals surface area contributed by atoms with Gasteiger partial charge in [0.25, 0.3) is 6.71 Å². The molecular weight excluding hydrogens is 843 g/mol. The smallest absolute Gasteiger partial charge is 0.257 e. The predicted octanol–water partition coefficient (Wildman–Crippen LogP) is 9.62. The summed E-state index contributed by atoms with van der Waals surface area (Å²) in [7, 11) is 0. The first kappa shape index (κ1) is 39.1. The summed E-state index contributed by atoms with van der Waals surface area (Å²) < 4.78 is 5.43. The van der Waals surface area contributed by atoms with E-state index in [1.807, 2.05) is 0 Å². The molecule has 0 radical (unpaired) electrons. The van der Waals surface area contributed by atoms with Crippen LogP contribution >= 0.6 is 0 Å². The highest BCUT2D eigenvalue weighted by molar-refractivity contribution is 7.10. The molecule has 0 amide bonds. The van der Waals surface area contributed by atoms with Gasteiger partial charge in [0.1, 0.15) is 0 Å². The van der Waals surface area contributed by atoms with Crippen LogP contribution in [0.15, 0.2) is 109 Å². The van der Waals surface area contributed by atoms with Crippen LogP contribution in [0.4, 0.5) is 17.1 Å². The summed E-state index contributed by atoms with van der Waals surface area (Å²) in [5, 5.41) is 5.48. The van der Waals surface area contributed by atoms with Crippen LogP contribution in [0.2, 0.25) is 0 Å². The Morgan fingerprint density at radius 1 is 0.314 bits per heavy atom. The molecule has 0 bridgehead atoms. The molecule has 0 spiro atoms. The highest BCUT2D eigenvalue weighted by atomic mass is 15.2. The zero-order chi connectivity index (χ0) is 47.5. The molecule has 3 nitrogen and oxygen atoms in total. The molecule has 9 heterocycles. The van der Waals surface area contributed by atoms with Gasteiger partial charge in [-0.3, -0.25) is 0 Å². The maximum atomic E-state index is 2.87. The molecule has 334 valence electrons. The predicted molar refractivity (Wildman–Crippen MR) is 303 cm³/mol. The van der Waals surface area contributed by atoms with Gasteiger partial charge >= 0.3 is 0 Å². The van der Waals surface area contributed by atoms with Crippen molar-refractivity contribution in [2.75, 3.05) is 4.90 Å². The van der Waals surface area contributed by atoms with E-state index >= 15 is 0 Å². The Morgan fingerprint density at radius 3 is 1.14 bits per heavy atom. The van der Waals surface area contributed by atoms with Crippen LogP contribution in [-0.4, -0.2) is 29.3 Å². The summed E-state index contributed by atoms with van der Waals surface area (Å²) in [6.45, 7) is 28.8. The average molecular weight is 898 g/mol. The molecule has 0 saturated carbocycles. The first-order chi connectivity index (χ1) is 33.3.